The molecule has 0 spiro atoms. The normalized spacial score (nSPS) is 16.6. The van der Waals surface area contributed by atoms with Crippen LogP contribution >= 0.6 is 11.6 Å². The maximum Gasteiger partial charge on any atom is 0.286 e. The Bertz CT molecular complexity index is 1110. The average molecular weight is 476 g/mol. The van der Waals surface area contributed by atoms with Gasteiger partial charge in [0.25, 0.3) is 5.91 Å². The minimum absolute atomic E-state index is 0.0256. The summed E-state index contributed by atoms with van der Waals surface area (Å²) in [6, 6.07) is 10.9. The highest BCUT2D eigenvalue weighted by atomic mass is 35.5. The van der Waals surface area contributed by atoms with Gasteiger partial charge in [-0.05, 0) is 73.1 Å². The standard InChI is InChI=1S/C24H30ClN3O3S/c1-3-6-17(2)16-32(26,30)28-24(29)19-9-11-23-22(14-19)27-15-20-8-10-21(25)13-18(20)7-4-5-12-31-23/h3,8-11,13-14,17,27H,1,4-7,12,15-16H2,2H3,(H2,26,28,29,30)/t17-,32+/m0/s1. The van der Waals surface area contributed by atoms with Crippen LogP contribution < -0.4 is 15.2 Å². The number of anilines is 1. The summed E-state index contributed by atoms with van der Waals surface area (Å²) in [5.74, 6) is 0.218. The molecule has 0 radical (unpaired) electrons. The van der Waals surface area contributed by atoms with Gasteiger partial charge in [0.2, 0.25) is 0 Å². The molecule has 1 heterocycles. The third-order valence-electron chi connectivity index (χ3n) is 5.29. The molecular weight excluding hydrogens is 446 g/mol. The lowest BCUT2D eigenvalue weighted by atomic mass is 10.0. The van der Waals surface area contributed by atoms with Crippen molar-refractivity contribution >= 4 is 33.1 Å². The number of nitrogens with two attached hydrogens (primary N) is 1. The molecule has 0 saturated heterocycles. The molecule has 32 heavy (non-hydrogen) atoms. The summed E-state index contributed by atoms with van der Waals surface area (Å²) >= 11 is 6.18. The van der Waals surface area contributed by atoms with Gasteiger partial charge in [-0.2, -0.15) is 0 Å². The number of allylic oxidation sites excluding steroid dienone is 1. The van der Waals surface area contributed by atoms with E-state index >= 15 is 0 Å². The van der Waals surface area contributed by atoms with Crippen LogP contribution in [0.1, 0.15) is 47.7 Å². The molecule has 8 heteroatoms. The van der Waals surface area contributed by atoms with E-state index in [2.05, 4.69) is 16.3 Å². The van der Waals surface area contributed by atoms with Gasteiger partial charge in [-0.3, -0.25) is 4.79 Å². The van der Waals surface area contributed by atoms with E-state index in [1.165, 1.54) is 5.56 Å². The second-order valence-electron chi connectivity index (χ2n) is 8.17. The van der Waals surface area contributed by atoms with Gasteiger partial charge in [0.1, 0.15) is 15.7 Å². The molecule has 0 aliphatic carbocycles. The summed E-state index contributed by atoms with van der Waals surface area (Å²) in [5.41, 5.74) is 3.33. The lowest BCUT2D eigenvalue weighted by molar-refractivity contribution is 0.100. The molecular formula is C24H30ClN3O3S. The van der Waals surface area contributed by atoms with Crippen molar-refractivity contribution in [2.75, 3.05) is 17.7 Å². The predicted octanol–water partition coefficient (Wildman–Crippen LogP) is 5.36. The molecule has 0 aromatic heterocycles. The van der Waals surface area contributed by atoms with Crippen molar-refractivity contribution < 1.29 is 13.7 Å². The highest BCUT2D eigenvalue weighted by molar-refractivity contribution is 7.91. The number of benzene rings is 2. The smallest absolute Gasteiger partial charge is 0.286 e. The molecule has 3 rings (SSSR count). The molecule has 172 valence electrons. The predicted molar refractivity (Wildman–Crippen MR) is 132 cm³/mol. The molecule has 1 aliphatic heterocycles. The quantitative estimate of drug-likeness (QED) is 0.569. The highest BCUT2D eigenvalue weighted by Crippen LogP contribution is 2.29. The first-order valence-corrected chi connectivity index (χ1v) is 12.9. The van der Waals surface area contributed by atoms with Crippen molar-refractivity contribution in [2.45, 2.75) is 39.2 Å². The molecule has 0 saturated carbocycles. The van der Waals surface area contributed by atoms with E-state index in [-0.39, 0.29) is 11.7 Å². The fraction of sp³-hybridized carbons (Fsp3) is 0.375. The van der Waals surface area contributed by atoms with Crippen LogP contribution in [0, 0.1) is 5.92 Å². The summed E-state index contributed by atoms with van der Waals surface area (Å²) in [7, 11) is -3.13. The number of carbonyl (C=O) groups is 1. The molecule has 3 N–H and O–H groups in total. The Balaban J connectivity index is 1.86. The van der Waals surface area contributed by atoms with Crippen LogP contribution in [0.25, 0.3) is 0 Å². The van der Waals surface area contributed by atoms with E-state index in [1.54, 1.807) is 24.3 Å². The fourth-order valence-corrected chi connectivity index (χ4v) is 5.31. The van der Waals surface area contributed by atoms with Crippen molar-refractivity contribution in [3.05, 3.63) is 70.8 Å². The number of aryl methyl sites for hydroxylation is 1. The Labute approximate surface area is 195 Å². The molecule has 2 atom stereocenters. The van der Waals surface area contributed by atoms with Crippen molar-refractivity contribution in [1.82, 2.24) is 0 Å². The van der Waals surface area contributed by atoms with Crippen molar-refractivity contribution in [2.24, 2.45) is 15.4 Å². The first-order chi connectivity index (χ1) is 15.3. The lowest BCUT2D eigenvalue weighted by Crippen LogP contribution is -2.23. The molecule has 2 aromatic rings. The van der Waals surface area contributed by atoms with E-state index in [9.17, 15) is 9.00 Å². The summed E-state index contributed by atoms with van der Waals surface area (Å²) in [4.78, 5) is 12.7. The maximum atomic E-state index is 12.7. The minimum Gasteiger partial charge on any atom is -0.491 e. The van der Waals surface area contributed by atoms with Gasteiger partial charge in [0.15, 0.2) is 0 Å². The number of rotatable bonds is 5. The van der Waals surface area contributed by atoms with Gasteiger partial charge in [-0.1, -0.05) is 30.7 Å². The average Bonchev–Trinajstić information content (AvgIpc) is 2.76. The molecule has 0 fully saturated rings. The van der Waals surface area contributed by atoms with E-state index in [0.29, 0.717) is 36.6 Å². The Kier molecular flexibility index (Phi) is 8.34. The largest absolute Gasteiger partial charge is 0.491 e. The molecule has 0 unspecified atom stereocenters. The molecule has 2 aromatic carbocycles. The number of hydrogen-bond acceptors (Lipinski definition) is 4. The number of ether oxygens (including phenoxy) is 1. The second-order valence-corrected chi connectivity index (χ2v) is 10.5. The number of fused-ring (bicyclic) bond motifs is 2. The molecule has 1 aliphatic rings. The third kappa shape index (κ3) is 6.82. The van der Waals surface area contributed by atoms with Crippen LogP contribution in [0.15, 0.2) is 53.4 Å². The fourth-order valence-electron chi connectivity index (χ4n) is 3.71. The highest BCUT2D eigenvalue weighted by Gasteiger charge is 2.16. The Morgan fingerprint density at radius 2 is 2.12 bits per heavy atom. The monoisotopic (exact) mass is 475 g/mol. The molecule has 6 nitrogen and oxygen atoms in total. The first-order valence-electron chi connectivity index (χ1n) is 10.7. The maximum absolute atomic E-state index is 12.7. The first kappa shape index (κ1) is 24.3. The summed E-state index contributed by atoms with van der Waals surface area (Å²) < 4.78 is 22.4. The van der Waals surface area contributed by atoms with Crippen LogP contribution in [-0.2, 0) is 22.9 Å². The number of nitrogens with one attached hydrogen (secondary N) is 1. The number of hydrogen-bond donors (Lipinski definition) is 2. The van der Waals surface area contributed by atoms with Crippen molar-refractivity contribution in [3.63, 3.8) is 0 Å². The summed E-state index contributed by atoms with van der Waals surface area (Å²) in [6.45, 7) is 6.71. The van der Waals surface area contributed by atoms with Gasteiger partial charge >= 0.3 is 0 Å². The third-order valence-corrected chi connectivity index (χ3v) is 7.05. The van der Waals surface area contributed by atoms with E-state index < -0.39 is 15.8 Å². The SMILES string of the molecule is C=CC[C@H](C)C[S@](N)(=O)=NC(=O)c1ccc2c(c1)NCc1ccc(Cl)cc1CCCCO2. The second kappa shape index (κ2) is 11.0. The Morgan fingerprint density at radius 1 is 1.31 bits per heavy atom. The zero-order chi connectivity index (χ0) is 23.1. The summed E-state index contributed by atoms with van der Waals surface area (Å²) in [5, 5.41) is 9.93. The zero-order valence-electron chi connectivity index (χ0n) is 18.3. The number of nitrogens with zero attached hydrogens (tertiary/aromatic N) is 1. The van der Waals surface area contributed by atoms with Crippen LogP contribution in [-0.4, -0.2) is 22.5 Å². The van der Waals surface area contributed by atoms with Crippen molar-refractivity contribution in [1.29, 1.82) is 0 Å². The number of halogens is 1. The van der Waals surface area contributed by atoms with E-state index in [0.717, 1.165) is 29.8 Å². The number of carbonyl (C=O) groups excluding carboxylic acids is 1. The topological polar surface area (TPSA) is 93.8 Å². The molecule has 1 amide bonds. The number of amides is 1. The van der Waals surface area contributed by atoms with Gasteiger partial charge in [0, 0.05) is 22.9 Å². The van der Waals surface area contributed by atoms with E-state index in [4.69, 9.17) is 21.5 Å². The van der Waals surface area contributed by atoms with Gasteiger partial charge in [0.05, 0.1) is 12.3 Å². The lowest BCUT2D eigenvalue weighted by Gasteiger charge is -2.15. The van der Waals surface area contributed by atoms with E-state index in [1.807, 2.05) is 25.1 Å². The Hall–Kier alpha value is -2.35. The molecule has 0 bridgehead atoms. The van der Waals surface area contributed by atoms with Crippen LogP contribution in [0.2, 0.25) is 5.02 Å². The van der Waals surface area contributed by atoms with Crippen molar-refractivity contribution in [3.8, 4) is 5.75 Å². The van der Waals surface area contributed by atoms with Crippen LogP contribution in [0.5, 0.6) is 5.75 Å². The van der Waals surface area contributed by atoms with Gasteiger partial charge in [-0.15, -0.1) is 10.9 Å². The minimum atomic E-state index is -3.13. The Morgan fingerprint density at radius 3 is 2.91 bits per heavy atom. The van der Waals surface area contributed by atoms with Gasteiger partial charge < -0.3 is 10.1 Å². The van der Waals surface area contributed by atoms with Crippen LogP contribution in [0.4, 0.5) is 5.69 Å². The van der Waals surface area contributed by atoms with Gasteiger partial charge in [-0.25, -0.2) is 9.35 Å². The zero-order valence-corrected chi connectivity index (χ0v) is 19.9. The van der Waals surface area contributed by atoms with Crippen LogP contribution in [0.3, 0.4) is 0 Å². The summed E-state index contributed by atoms with van der Waals surface area (Å²) in [6.07, 6.45) is 5.22.